The van der Waals surface area contributed by atoms with Crippen molar-refractivity contribution in [3.8, 4) is 0 Å². The average Bonchev–Trinajstić information content (AvgIpc) is 3.05. The van der Waals surface area contributed by atoms with E-state index in [1.54, 1.807) is 0 Å². The molecular formula is C20H28O2. The zero-order valence-electron chi connectivity index (χ0n) is 14.1. The number of methoxy groups -OCH3 is 1. The van der Waals surface area contributed by atoms with Gasteiger partial charge in [0.25, 0.3) is 0 Å². The van der Waals surface area contributed by atoms with Crippen molar-refractivity contribution in [2.45, 2.75) is 58.5 Å². The van der Waals surface area contributed by atoms with Gasteiger partial charge < -0.3 is 4.74 Å². The molecule has 0 aliphatic heterocycles. The van der Waals surface area contributed by atoms with Gasteiger partial charge in [0.1, 0.15) is 0 Å². The van der Waals surface area contributed by atoms with E-state index in [0.717, 1.165) is 18.3 Å². The minimum absolute atomic E-state index is 0.109. The Labute approximate surface area is 133 Å². The molecule has 22 heavy (non-hydrogen) atoms. The van der Waals surface area contributed by atoms with Crippen LogP contribution in [0.5, 0.6) is 0 Å². The second kappa shape index (κ2) is 3.88. The van der Waals surface area contributed by atoms with E-state index in [-0.39, 0.29) is 5.41 Å². The standard InChI is InChI=1S/C20H28O2/c1-18-8-7-15-13(14(18)4-5-16(18)21)10-17(22-3)20-11-12(20)6-9-19(15,20)2/h4-5,12-15,17H,6-11H2,1-3H3/t12?,13-,14-,15-,17+,18-,19+,20?/m0/s1. The maximum atomic E-state index is 12.4. The van der Waals surface area contributed by atoms with Crippen LogP contribution >= 0.6 is 0 Å². The fraction of sp³-hybridized carbons (Fsp3) is 0.850. The van der Waals surface area contributed by atoms with E-state index in [9.17, 15) is 4.79 Å². The van der Waals surface area contributed by atoms with Gasteiger partial charge in [-0.2, -0.15) is 0 Å². The van der Waals surface area contributed by atoms with Crippen LogP contribution in [0.15, 0.2) is 12.2 Å². The Kier molecular flexibility index (Phi) is 2.43. The van der Waals surface area contributed by atoms with Gasteiger partial charge in [-0.1, -0.05) is 19.9 Å². The normalized spacial score (nSPS) is 61.4. The van der Waals surface area contributed by atoms with Gasteiger partial charge >= 0.3 is 0 Å². The number of rotatable bonds is 1. The van der Waals surface area contributed by atoms with Crippen LogP contribution in [0.25, 0.3) is 0 Å². The number of ketones is 1. The Bertz CT molecular complexity index is 580. The number of hydrogen-bond acceptors (Lipinski definition) is 2. The van der Waals surface area contributed by atoms with E-state index in [1.807, 2.05) is 13.2 Å². The number of carbonyl (C=O) groups excluding carboxylic acids is 1. The van der Waals surface area contributed by atoms with Crippen molar-refractivity contribution < 1.29 is 9.53 Å². The molecule has 1 spiro atoms. The lowest BCUT2D eigenvalue weighted by molar-refractivity contribution is -0.157. The van der Waals surface area contributed by atoms with Crippen LogP contribution in [-0.2, 0) is 9.53 Å². The highest BCUT2D eigenvalue weighted by molar-refractivity contribution is 5.97. The minimum Gasteiger partial charge on any atom is -0.381 e. The molecule has 0 aromatic carbocycles. The second-order valence-corrected chi connectivity index (χ2v) is 9.33. The monoisotopic (exact) mass is 300 g/mol. The second-order valence-electron chi connectivity index (χ2n) is 9.33. The molecule has 4 saturated carbocycles. The summed E-state index contributed by atoms with van der Waals surface area (Å²) in [5.41, 5.74) is 0.840. The zero-order valence-corrected chi connectivity index (χ0v) is 14.1. The summed E-state index contributed by atoms with van der Waals surface area (Å²) in [6.07, 6.45) is 12.3. The SMILES string of the molecule is CO[C@@H]1C[C@H]2[C@@H]3C=CC(=O)[C@@]3(C)CC[C@@H]2[C@@]2(C)CCC3CC312. The summed E-state index contributed by atoms with van der Waals surface area (Å²) in [6.45, 7) is 4.80. The molecule has 5 aliphatic carbocycles. The van der Waals surface area contributed by atoms with E-state index in [0.29, 0.717) is 34.6 Å². The topological polar surface area (TPSA) is 26.3 Å². The van der Waals surface area contributed by atoms with Crippen molar-refractivity contribution in [3.63, 3.8) is 0 Å². The number of carbonyl (C=O) groups is 1. The molecule has 0 N–H and O–H groups in total. The van der Waals surface area contributed by atoms with Crippen LogP contribution in [0.4, 0.5) is 0 Å². The highest BCUT2D eigenvalue weighted by atomic mass is 16.5. The van der Waals surface area contributed by atoms with Crippen LogP contribution in [0.1, 0.15) is 52.4 Å². The molecule has 5 rings (SSSR count). The van der Waals surface area contributed by atoms with Crippen molar-refractivity contribution in [2.75, 3.05) is 7.11 Å². The lowest BCUT2D eigenvalue weighted by atomic mass is 9.46. The molecule has 2 nitrogen and oxygen atoms in total. The molecule has 0 heterocycles. The minimum atomic E-state index is -0.109. The summed E-state index contributed by atoms with van der Waals surface area (Å²) >= 11 is 0. The van der Waals surface area contributed by atoms with Crippen LogP contribution < -0.4 is 0 Å². The Morgan fingerprint density at radius 2 is 2.05 bits per heavy atom. The first kappa shape index (κ1) is 13.8. The molecule has 8 atom stereocenters. The fourth-order valence-electron chi connectivity index (χ4n) is 7.86. The molecule has 0 bridgehead atoms. The number of allylic oxidation sites excluding steroid dienone is 2. The van der Waals surface area contributed by atoms with Crippen LogP contribution in [-0.4, -0.2) is 19.0 Å². The molecule has 2 unspecified atom stereocenters. The summed E-state index contributed by atoms with van der Waals surface area (Å²) in [6, 6.07) is 0. The largest absolute Gasteiger partial charge is 0.381 e. The molecule has 2 heteroatoms. The van der Waals surface area contributed by atoms with E-state index in [1.165, 1.54) is 32.1 Å². The summed E-state index contributed by atoms with van der Waals surface area (Å²) in [5.74, 6) is 3.23. The van der Waals surface area contributed by atoms with Gasteiger partial charge in [-0.15, -0.1) is 0 Å². The van der Waals surface area contributed by atoms with E-state index in [2.05, 4.69) is 19.9 Å². The Morgan fingerprint density at radius 1 is 1.23 bits per heavy atom. The number of hydrogen-bond donors (Lipinski definition) is 0. The average molecular weight is 300 g/mol. The predicted molar refractivity (Wildman–Crippen MR) is 85.3 cm³/mol. The highest BCUT2D eigenvalue weighted by Crippen LogP contribution is 2.81. The van der Waals surface area contributed by atoms with E-state index < -0.39 is 0 Å². The third-order valence-corrected chi connectivity index (χ3v) is 9.10. The van der Waals surface area contributed by atoms with E-state index in [4.69, 9.17) is 4.74 Å². The molecule has 0 radical (unpaired) electrons. The molecule has 0 amide bonds. The van der Waals surface area contributed by atoms with Gasteiger partial charge in [0.2, 0.25) is 0 Å². The molecular weight excluding hydrogens is 272 g/mol. The van der Waals surface area contributed by atoms with Gasteiger partial charge in [0, 0.05) is 17.9 Å². The lowest BCUT2D eigenvalue weighted by Crippen LogP contribution is -2.57. The maximum absolute atomic E-state index is 12.4. The van der Waals surface area contributed by atoms with Crippen LogP contribution in [0, 0.1) is 39.9 Å². The van der Waals surface area contributed by atoms with Gasteiger partial charge in [0.05, 0.1) is 6.10 Å². The smallest absolute Gasteiger partial charge is 0.161 e. The van der Waals surface area contributed by atoms with Crippen molar-refractivity contribution in [1.29, 1.82) is 0 Å². The third kappa shape index (κ3) is 1.25. The Morgan fingerprint density at radius 3 is 2.77 bits per heavy atom. The molecule has 0 aromatic heterocycles. The summed E-state index contributed by atoms with van der Waals surface area (Å²) in [5, 5.41) is 0. The van der Waals surface area contributed by atoms with Crippen LogP contribution in [0.3, 0.4) is 0 Å². The molecule has 4 fully saturated rings. The molecule has 0 saturated heterocycles. The summed E-state index contributed by atoms with van der Waals surface area (Å²) in [7, 11) is 1.92. The van der Waals surface area contributed by atoms with Crippen molar-refractivity contribution in [2.24, 2.45) is 39.9 Å². The fourth-order valence-corrected chi connectivity index (χ4v) is 7.86. The molecule has 0 aromatic rings. The van der Waals surface area contributed by atoms with Crippen molar-refractivity contribution in [1.82, 2.24) is 0 Å². The van der Waals surface area contributed by atoms with Crippen molar-refractivity contribution in [3.05, 3.63) is 12.2 Å². The van der Waals surface area contributed by atoms with Gasteiger partial charge in [-0.3, -0.25) is 4.79 Å². The zero-order chi connectivity index (χ0) is 15.3. The summed E-state index contributed by atoms with van der Waals surface area (Å²) in [4.78, 5) is 12.4. The first-order chi connectivity index (χ1) is 10.5. The van der Waals surface area contributed by atoms with Gasteiger partial charge in [-0.05, 0) is 73.7 Å². The quantitative estimate of drug-likeness (QED) is 0.731. The molecule has 120 valence electrons. The van der Waals surface area contributed by atoms with Gasteiger partial charge in [-0.25, -0.2) is 0 Å². The molecule has 5 aliphatic rings. The lowest BCUT2D eigenvalue weighted by Gasteiger charge is -2.59. The van der Waals surface area contributed by atoms with Crippen molar-refractivity contribution >= 4 is 5.78 Å². The predicted octanol–water partition coefficient (Wildman–Crippen LogP) is 4.00. The van der Waals surface area contributed by atoms with Crippen LogP contribution in [0.2, 0.25) is 0 Å². The number of fused-ring (bicyclic) bond motifs is 4. The Hall–Kier alpha value is -0.630. The maximum Gasteiger partial charge on any atom is 0.161 e. The third-order valence-electron chi connectivity index (χ3n) is 9.10. The summed E-state index contributed by atoms with van der Waals surface area (Å²) < 4.78 is 6.06. The number of ether oxygens (including phenoxy) is 1. The van der Waals surface area contributed by atoms with Gasteiger partial charge in [0.15, 0.2) is 5.78 Å². The first-order valence-corrected chi connectivity index (χ1v) is 9.23. The highest BCUT2D eigenvalue weighted by Gasteiger charge is 2.77. The first-order valence-electron chi connectivity index (χ1n) is 9.23. The van der Waals surface area contributed by atoms with E-state index >= 15 is 0 Å². The Balaban J connectivity index is 1.58.